The molecule has 6 heteroatoms. The van der Waals surface area contributed by atoms with Crippen molar-refractivity contribution in [1.29, 1.82) is 0 Å². The maximum Gasteiger partial charge on any atom is 0.324 e. The number of thiophene rings is 1. The molecule has 0 aliphatic rings. The molecular weight excluding hydrogens is 264 g/mol. The van der Waals surface area contributed by atoms with E-state index in [1.807, 2.05) is 30.3 Å². The van der Waals surface area contributed by atoms with Crippen LogP contribution in [0.25, 0.3) is 0 Å². The maximum atomic E-state index is 10.5. The van der Waals surface area contributed by atoms with Crippen molar-refractivity contribution in [3.8, 4) is 0 Å². The number of nitrogens with zero attached hydrogens (tertiary/aromatic N) is 1. The zero-order valence-corrected chi connectivity index (χ0v) is 11.0. The van der Waals surface area contributed by atoms with E-state index in [1.165, 1.54) is 6.07 Å². The number of nitro groups is 1. The Kier molecular flexibility index (Phi) is 4.62. The molecule has 0 saturated heterocycles. The summed E-state index contributed by atoms with van der Waals surface area (Å²) in [6, 6.07) is 12.6. The van der Waals surface area contributed by atoms with Gasteiger partial charge in [-0.2, -0.15) is 0 Å². The number of hydrogen-bond acceptors (Lipinski definition) is 5. The van der Waals surface area contributed by atoms with Gasteiger partial charge in [0.1, 0.15) is 0 Å². The van der Waals surface area contributed by atoms with E-state index in [0.29, 0.717) is 13.1 Å². The lowest BCUT2D eigenvalue weighted by molar-refractivity contribution is -0.380. The molecule has 100 valence electrons. The predicted octanol–water partition coefficient (Wildman–Crippen LogP) is 2.48. The van der Waals surface area contributed by atoms with Crippen LogP contribution in [0.5, 0.6) is 0 Å². The Balaban J connectivity index is 1.81. The molecule has 0 saturated carbocycles. The first-order chi connectivity index (χ1) is 9.16. The fourth-order valence-electron chi connectivity index (χ4n) is 1.68. The van der Waals surface area contributed by atoms with Crippen molar-refractivity contribution in [2.45, 2.75) is 12.6 Å². The standard InChI is InChI=1S/C13H14N2O3S/c16-12(10-4-2-1-3-5-10)9-14-8-11-6-7-13(19-11)15(17)18/h1-7,12,14,16H,8-9H2. The zero-order valence-electron chi connectivity index (χ0n) is 10.2. The molecule has 0 spiro atoms. The van der Waals surface area contributed by atoms with Gasteiger partial charge in [-0.15, -0.1) is 0 Å². The normalized spacial score (nSPS) is 12.3. The Morgan fingerprint density at radius 2 is 2.00 bits per heavy atom. The quantitative estimate of drug-likeness (QED) is 0.628. The van der Waals surface area contributed by atoms with Crippen LogP contribution < -0.4 is 5.32 Å². The van der Waals surface area contributed by atoms with Gasteiger partial charge in [0.15, 0.2) is 0 Å². The van der Waals surface area contributed by atoms with E-state index < -0.39 is 11.0 Å². The third kappa shape index (κ3) is 3.85. The van der Waals surface area contributed by atoms with Crippen molar-refractivity contribution in [2.75, 3.05) is 6.54 Å². The largest absolute Gasteiger partial charge is 0.387 e. The highest BCUT2D eigenvalue weighted by Gasteiger charge is 2.10. The van der Waals surface area contributed by atoms with E-state index in [0.717, 1.165) is 21.8 Å². The highest BCUT2D eigenvalue weighted by Crippen LogP contribution is 2.23. The molecule has 0 aliphatic carbocycles. The average Bonchev–Trinajstić information content (AvgIpc) is 2.89. The molecule has 0 fully saturated rings. The van der Waals surface area contributed by atoms with Gasteiger partial charge < -0.3 is 10.4 Å². The van der Waals surface area contributed by atoms with Gasteiger partial charge in [0.2, 0.25) is 0 Å². The van der Waals surface area contributed by atoms with Crippen LogP contribution in [0.15, 0.2) is 42.5 Å². The van der Waals surface area contributed by atoms with Crippen molar-refractivity contribution in [2.24, 2.45) is 0 Å². The van der Waals surface area contributed by atoms with Crippen LogP contribution in [0.3, 0.4) is 0 Å². The highest BCUT2D eigenvalue weighted by molar-refractivity contribution is 7.15. The Morgan fingerprint density at radius 1 is 1.26 bits per heavy atom. The van der Waals surface area contributed by atoms with Crippen molar-refractivity contribution in [1.82, 2.24) is 5.32 Å². The minimum absolute atomic E-state index is 0.139. The van der Waals surface area contributed by atoms with Crippen LogP contribution in [-0.4, -0.2) is 16.6 Å². The molecule has 1 atom stereocenters. The van der Waals surface area contributed by atoms with E-state index >= 15 is 0 Å². The molecule has 1 aromatic carbocycles. The van der Waals surface area contributed by atoms with Gasteiger partial charge in [0.25, 0.3) is 0 Å². The summed E-state index contributed by atoms with van der Waals surface area (Å²) in [4.78, 5) is 11.0. The first-order valence-corrected chi connectivity index (χ1v) is 6.65. The lowest BCUT2D eigenvalue weighted by Gasteiger charge is -2.11. The molecule has 5 nitrogen and oxygen atoms in total. The highest BCUT2D eigenvalue weighted by atomic mass is 32.1. The minimum atomic E-state index is -0.573. The lowest BCUT2D eigenvalue weighted by Crippen LogP contribution is -2.20. The van der Waals surface area contributed by atoms with Crippen LogP contribution in [0.2, 0.25) is 0 Å². The smallest absolute Gasteiger partial charge is 0.324 e. The summed E-state index contributed by atoms with van der Waals surface area (Å²) in [6.07, 6.45) is -0.573. The Hall–Kier alpha value is -1.76. The van der Waals surface area contributed by atoms with Crippen molar-refractivity contribution in [3.05, 3.63) is 63.0 Å². The summed E-state index contributed by atoms with van der Waals surface area (Å²) in [7, 11) is 0. The molecular formula is C13H14N2O3S. The predicted molar refractivity (Wildman–Crippen MR) is 74.1 cm³/mol. The lowest BCUT2D eigenvalue weighted by atomic mass is 10.1. The summed E-state index contributed by atoms with van der Waals surface area (Å²) in [6.45, 7) is 0.929. The second kappa shape index (κ2) is 6.42. The monoisotopic (exact) mass is 278 g/mol. The number of aliphatic hydroxyl groups is 1. The van der Waals surface area contributed by atoms with Crippen LogP contribution in [0, 0.1) is 10.1 Å². The number of rotatable bonds is 6. The Labute approximate surface area is 114 Å². The molecule has 2 N–H and O–H groups in total. The van der Waals surface area contributed by atoms with E-state index in [-0.39, 0.29) is 5.00 Å². The van der Waals surface area contributed by atoms with Gasteiger partial charge in [-0.3, -0.25) is 10.1 Å². The summed E-state index contributed by atoms with van der Waals surface area (Å²) >= 11 is 1.15. The first-order valence-electron chi connectivity index (χ1n) is 5.83. The Bertz CT molecular complexity index is 542. The molecule has 2 rings (SSSR count). The minimum Gasteiger partial charge on any atom is -0.387 e. The third-order valence-electron chi connectivity index (χ3n) is 2.65. The molecule has 1 aromatic heterocycles. The molecule has 0 radical (unpaired) electrons. The number of benzene rings is 1. The molecule has 0 aliphatic heterocycles. The Morgan fingerprint density at radius 3 is 2.63 bits per heavy atom. The summed E-state index contributed by atoms with van der Waals surface area (Å²) in [5, 5.41) is 23.7. The summed E-state index contributed by atoms with van der Waals surface area (Å²) in [5.41, 5.74) is 0.854. The molecule has 0 bridgehead atoms. The molecule has 2 aromatic rings. The van der Waals surface area contributed by atoms with E-state index in [4.69, 9.17) is 0 Å². The molecule has 1 heterocycles. The SMILES string of the molecule is O=[N+]([O-])c1ccc(CNCC(O)c2ccccc2)s1. The number of aliphatic hydroxyl groups excluding tert-OH is 1. The maximum absolute atomic E-state index is 10.5. The van der Waals surface area contributed by atoms with Gasteiger partial charge in [-0.05, 0) is 11.6 Å². The van der Waals surface area contributed by atoms with Crippen LogP contribution in [0.4, 0.5) is 5.00 Å². The fourth-order valence-corrected chi connectivity index (χ4v) is 2.47. The fraction of sp³-hybridized carbons (Fsp3) is 0.231. The summed E-state index contributed by atoms with van der Waals surface area (Å²) < 4.78 is 0. The summed E-state index contributed by atoms with van der Waals surface area (Å²) in [5.74, 6) is 0. The van der Waals surface area contributed by atoms with Gasteiger partial charge >= 0.3 is 5.00 Å². The van der Waals surface area contributed by atoms with Gasteiger partial charge in [0.05, 0.1) is 11.0 Å². The second-order valence-corrected chi connectivity index (χ2v) is 5.20. The van der Waals surface area contributed by atoms with Crippen molar-refractivity contribution < 1.29 is 10.0 Å². The topological polar surface area (TPSA) is 75.4 Å². The van der Waals surface area contributed by atoms with Crippen molar-refractivity contribution in [3.63, 3.8) is 0 Å². The number of hydrogen-bond donors (Lipinski definition) is 2. The molecule has 1 unspecified atom stereocenters. The van der Waals surface area contributed by atoms with Gasteiger partial charge in [-0.1, -0.05) is 41.7 Å². The van der Waals surface area contributed by atoms with Gasteiger partial charge in [0, 0.05) is 24.0 Å². The van der Waals surface area contributed by atoms with Crippen molar-refractivity contribution >= 4 is 16.3 Å². The van der Waals surface area contributed by atoms with Crippen LogP contribution >= 0.6 is 11.3 Å². The second-order valence-electron chi connectivity index (χ2n) is 4.05. The molecule has 19 heavy (non-hydrogen) atoms. The van der Waals surface area contributed by atoms with E-state index in [1.54, 1.807) is 6.07 Å². The average molecular weight is 278 g/mol. The molecule has 0 amide bonds. The number of nitrogens with one attached hydrogen (secondary N) is 1. The van der Waals surface area contributed by atoms with Crippen LogP contribution in [0.1, 0.15) is 16.5 Å². The van der Waals surface area contributed by atoms with Crippen LogP contribution in [-0.2, 0) is 6.54 Å². The zero-order chi connectivity index (χ0) is 13.7. The van der Waals surface area contributed by atoms with E-state index in [2.05, 4.69) is 5.32 Å². The van der Waals surface area contributed by atoms with Gasteiger partial charge in [-0.25, -0.2) is 0 Å². The van der Waals surface area contributed by atoms with E-state index in [9.17, 15) is 15.2 Å². The third-order valence-corrected chi connectivity index (χ3v) is 3.69. The first kappa shape index (κ1) is 13.7.